The Morgan fingerprint density at radius 1 is 1.06 bits per heavy atom. The van der Waals surface area contributed by atoms with Gasteiger partial charge in [-0.15, -0.1) is 11.3 Å². The molecule has 1 aromatic heterocycles. The molecule has 1 saturated heterocycles. The zero-order chi connectivity index (χ0) is 23.2. The number of carbonyl (C=O) groups excluding carboxylic acids is 2. The van der Waals surface area contributed by atoms with E-state index in [1.807, 2.05) is 10.3 Å². The number of benzene rings is 2. The Balaban J connectivity index is 1.21. The average Bonchev–Trinajstić information content (AvgIpc) is 3.25. The molecule has 0 atom stereocenters. The molecule has 7 nitrogen and oxygen atoms in total. The van der Waals surface area contributed by atoms with Gasteiger partial charge in [0, 0.05) is 54.4 Å². The summed E-state index contributed by atoms with van der Waals surface area (Å²) in [5, 5.41) is 8.23. The highest BCUT2D eigenvalue weighted by molar-refractivity contribution is 7.13. The standard InChI is InChI=1S/C23H23ClFN5O2S/c24-16-2-1-3-18(14-16)26-22(32)28-23-27-19(15-33-23)6-9-21(31)30-12-10-29(11-13-30)20-7-4-17(25)5-8-20/h1-5,7-8,14-15H,6,9-13H2,(H2,26,27,28,32). The van der Waals surface area contributed by atoms with Crippen LogP contribution in [-0.2, 0) is 11.2 Å². The SMILES string of the molecule is O=C(Nc1cccc(Cl)c1)Nc1nc(CCC(=O)N2CCN(c3ccc(F)cc3)CC2)cs1. The lowest BCUT2D eigenvalue weighted by molar-refractivity contribution is -0.131. The third-order valence-corrected chi connectivity index (χ3v) is 6.32. The zero-order valence-corrected chi connectivity index (χ0v) is 19.3. The number of urea groups is 1. The number of nitrogens with zero attached hydrogens (tertiary/aromatic N) is 3. The molecule has 2 heterocycles. The lowest BCUT2D eigenvalue weighted by Crippen LogP contribution is -2.48. The molecule has 33 heavy (non-hydrogen) atoms. The summed E-state index contributed by atoms with van der Waals surface area (Å²) in [5.74, 6) is -0.176. The van der Waals surface area contributed by atoms with Gasteiger partial charge < -0.3 is 15.1 Å². The molecule has 1 aliphatic rings. The second kappa shape index (κ2) is 10.6. The van der Waals surface area contributed by atoms with Crippen molar-refractivity contribution in [2.24, 2.45) is 0 Å². The van der Waals surface area contributed by atoms with E-state index >= 15 is 0 Å². The number of rotatable bonds is 6. The molecule has 0 aliphatic carbocycles. The number of nitrogens with one attached hydrogen (secondary N) is 2. The second-order valence-electron chi connectivity index (χ2n) is 7.58. The monoisotopic (exact) mass is 487 g/mol. The number of amides is 3. The maximum Gasteiger partial charge on any atom is 0.325 e. The van der Waals surface area contributed by atoms with E-state index in [-0.39, 0.29) is 11.7 Å². The average molecular weight is 488 g/mol. The summed E-state index contributed by atoms with van der Waals surface area (Å²) in [6, 6.07) is 12.9. The summed E-state index contributed by atoms with van der Waals surface area (Å²) >= 11 is 7.23. The van der Waals surface area contributed by atoms with Gasteiger partial charge in [-0.25, -0.2) is 14.2 Å². The summed E-state index contributed by atoms with van der Waals surface area (Å²) in [6.45, 7) is 2.68. The summed E-state index contributed by atoms with van der Waals surface area (Å²) in [4.78, 5) is 33.2. The maximum absolute atomic E-state index is 13.1. The van der Waals surface area contributed by atoms with Gasteiger partial charge in [0.1, 0.15) is 5.82 Å². The second-order valence-corrected chi connectivity index (χ2v) is 8.87. The fourth-order valence-electron chi connectivity index (χ4n) is 3.56. The third kappa shape index (κ3) is 6.43. The van der Waals surface area contributed by atoms with Crippen molar-refractivity contribution >= 4 is 51.4 Å². The van der Waals surface area contributed by atoms with Gasteiger partial charge in [-0.3, -0.25) is 10.1 Å². The summed E-state index contributed by atoms with van der Waals surface area (Å²) in [5.41, 5.74) is 2.31. The lowest BCUT2D eigenvalue weighted by atomic mass is 10.2. The van der Waals surface area contributed by atoms with Crippen molar-refractivity contribution in [3.8, 4) is 0 Å². The molecule has 4 rings (SSSR count). The third-order valence-electron chi connectivity index (χ3n) is 5.27. The first-order valence-electron chi connectivity index (χ1n) is 10.5. The van der Waals surface area contributed by atoms with Crippen molar-refractivity contribution in [1.29, 1.82) is 0 Å². The van der Waals surface area contributed by atoms with Crippen LogP contribution in [0.25, 0.3) is 0 Å². The van der Waals surface area contributed by atoms with Crippen LogP contribution < -0.4 is 15.5 Å². The van der Waals surface area contributed by atoms with E-state index in [9.17, 15) is 14.0 Å². The first kappa shape index (κ1) is 23.0. The van der Waals surface area contributed by atoms with Crippen LogP contribution in [0, 0.1) is 5.82 Å². The van der Waals surface area contributed by atoms with Crippen molar-refractivity contribution in [1.82, 2.24) is 9.88 Å². The Labute approximate surface area is 200 Å². The van der Waals surface area contributed by atoms with E-state index in [0.29, 0.717) is 54.9 Å². The molecule has 10 heteroatoms. The van der Waals surface area contributed by atoms with Gasteiger partial charge in [0.15, 0.2) is 5.13 Å². The summed E-state index contributed by atoms with van der Waals surface area (Å²) in [6.07, 6.45) is 0.861. The van der Waals surface area contributed by atoms with E-state index in [1.54, 1.807) is 36.4 Å². The van der Waals surface area contributed by atoms with E-state index in [2.05, 4.69) is 20.5 Å². The number of aromatic nitrogens is 1. The van der Waals surface area contributed by atoms with Gasteiger partial charge in [-0.1, -0.05) is 17.7 Å². The minimum atomic E-state index is -0.409. The van der Waals surface area contributed by atoms with Crippen molar-refractivity contribution in [2.45, 2.75) is 12.8 Å². The van der Waals surface area contributed by atoms with E-state index in [1.165, 1.54) is 23.5 Å². The number of anilines is 3. The van der Waals surface area contributed by atoms with Crippen LogP contribution in [0.4, 0.5) is 25.7 Å². The van der Waals surface area contributed by atoms with E-state index < -0.39 is 6.03 Å². The largest absolute Gasteiger partial charge is 0.368 e. The van der Waals surface area contributed by atoms with Gasteiger partial charge in [0.05, 0.1) is 5.69 Å². The minimum absolute atomic E-state index is 0.0787. The first-order valence-corrected chi connectivity index (χ1v) is 11.8. The Hall–Kier alpha value is -3.17. The van der Waals surface area contributed by atoms with Crippen molar-refractivity contribution in [3.63, 3.8) is 0 Å². The fraction of sp³-hybridized carbons (Fsp3) is 0.261. The Morgan fingerprint density at radius 3 is 2.55 bits per heavy atom. The molecule has 0 spiro atoms. The van der Waals surface area contributed by atoms with Crippen molar-refractivity contribution < 1.29 is 14.0 Å². The van der Waals surface area contributed by atoms with Crippen LogP contribution in [0.15, 0.2) is 53.9 Å². The number of hydrogen-bond acceptors (Lipinski definition) is 5. The summed E-state index contributed by atoms with van der Waals surface area (Å²) < 4.78 is 13.1. The molecule has 3 amide bonds. The smallest absolute Gasteiger partial charge is 0.325 e. The van der Waals surface area contributed by atoms with Crippen molar-refractivity contribution in [3.05, 3.63) is 70.4 Å². The number of aryl methyl sites for hydroxylation is 1. The van der Waals surface area contributed by atoms with Gasteiger partial charge in [-0.2, -0.15) is 0 Å². The Morgan fingerprint density at radius 2 is 1.82 bits per heavy atom. The molecule has 0 bridgehead atoms. The fourth-order valence-corrected chi connectivity index (χ4v) is 4.49. The van der Waals surface area contributed by atoms with Gasteiger partial charge in [0.25, 0.3) is 0 Å². The highest BCUT2D eigenvalue weighted by Gasteiger charge is 2.21. The van der Waals surface area contributed by atoms with Crippen LogP contribution in [0.5, 0.6) is 0 Å². The molecule has 2 aromatic carbocycles. The molecular formula is C23H23ClFN5O2S. The van der Waals surface area contributed by atoms with Crippen LogP contribution in [-0.4, -0.2) is 48.0 Å². The Bertz CT molecular complexity index is 1120. The molecule has 1 aliphatic heterocycles. The number of carbonyl (C=O) groups is 2. The summed E-state index contributed by atoms with van der Waals surface area (Å²) in [7, 11) is 0. The normalized spacial score (nSPS) is 13.6. The van der Waals surface area contributed by atoms with Crippen LogP contribution in [0.3, 0.4) is 0 Å². The molecule has 0 radical (unpaired) electrons. The van der Waals surface area contributed by atoms with Gasteiger partial charge in [-0.05, 0) is 48.9 Å². The molecule has 0 unspecified atom stereocenters. The number of hydrogen-bond donors (Lipinski definition) is 2. The highest BCUT2D eigenvalue weighted by Crippen LogP contribution is 2.20. The lowest BCUT2D eigenvalue weighted by Gasteiger charge is -2.36. The minimum Gasteiger partial charge on any atom is -0.368 e. The van der Waals surface area contributed by atoms with Gasteiger partial charge in [0.2, 0.25) is 5.91 Å². The zero-order valence-electron chi connectivity index (χ0n) is 17.8. The van der Waals surface area contributed by atoms with E-state index in [0.717, 1.165) is 11.4 Å². The molecule has 172 valence electrons. The molecule has 3 aromatic rings. The molecule has 2 N–H and O–H groups in total. The van der Waals surface area contributed by atoms with Crippen LogP contribution >= 0.6 is 22.9 Å². The highest BCUT2D eigenvalue weighted by atomic mass is 35.5. The first-order chi connectivity index (χ1) is 16.0. The van der Waals surface area contributed by atoms with Crippen LogP contribution in [0.1, 0.15) is 12.1 Å². The topological polar surface area (TPSA) is 77.6 Å². The molecule has 0 saturated carbocycles. The predicted octanol–water partition coefficient (Wildman–Crippen LogP) is 4.86. The number of halogens is 2. The molecular weight excluding hydrogens is 465 g/mol. The van der Waals surface area contributed by atoms with Crippen molar-refractivity contribution in [2.75, 3.05) is 41.7 Å². The number of piperazine rings is 1. The maximum atomic E-state index is 13.1. The van der Waals surface area contributed by atoms with Gasteiger partial charge >= 0.3 is 6.03 Å². The van der Waals surface area contributed by atoms with E-state index in [4.69, 9.17) is 11.6 Å². The number of thiazole rings is 1. The van der Waals surface area contributed by atoms with Crippen LogP contribution in [0.2, 0.25) is 5.02 Å². The Kier molecular flexibility index (Phi) is 7.41. The molecule has 1 fully saturated rings. The quantitative estimate of drug-likeness (QED) is 0.520. The predicted molar refractivity (Wildman–Crippen MR) is 130 cm³/mol.